The maximum atomic E-state index is 13.3. The minimum Gasteiger partial charge on any atom is -0.488 e. The first-order valence-electron chi connectivity index (χ1n) is 12.6. The monoisotopic (exact) mass is 517 g/mol. The van der Waals surface area contributed by atoms with E-state index >= 15 is 0 Å². The number of halogens is 2. The van der Waals surface area contributed by atoms with Crippen LogP contribution < -0.4 is 25.4 Å². The van der Waals surface area contributed by atoms with Crippen LogP contribution in [0.5, 0.6) is 11.8 Å². The topological polar surface area (TPSA) is 138 Å². The minimum atomic E-state index is -2.70. The third kappa shape index (κ3) is 5.22. The number of carbonyl (C=O) groups excluding carboxylic acids is 1. The summed E-state index contributed by atoms with van der Waals surface area (Å²) in [6.45, 7) is 2.95. The molecule has 13 heteroatoms. The first kappa shape index (κ1) is 24.0. The molecule has 2 saturated heterocycles. The Balaban J connectivity index is 1.10. The molecule has 11 nitrogen and oxygen atoms in total. The second-order valence-electron chi connectivity index (χ2n) is 10.2. The average Bonchev–Trinajstić information content (AvgIpc) is 3.64. The third-order valence-electron chi connectivity index (χ3n) is 7.66. The van der Waals surface area contributed by atoms with Gasteiger partial charge in [0.1, 0.15) is 24.4 Å². The van der Waals surface area contributed by atoms with Gasteiger partial charge in [0, 0.05) is 43.5 Å². The van der Waals surface area contributed by atoms with Crippen LogP contribution in [0.4, 0.5) is 20.4 Å². The molecule has 3 N–H and O–H groups in total. The fraction of sp³-hybridized carbons (Fsp3) is 0.625. The predicted molar refractivity (Wildman–Crippen MR) is 127 cm³/mol. The summed E-state index contributed by atoms with van der Waals surface area (Å²) >= 11 is 0. The molecular formula is C24H29F2N7O4. The van der Waals surface area contributed by atoms with Crippen molar-refractivity contribution in [1.29, 1.82) is 0 Å². The van der Waals surface area contributed by atoms with Gasteiger partial charge in [-0.2, -0.15) is 9.97 Å². The Morgan fingerprint density at radius 3 is 2.65 bits per heavy atom. The van der Waals surface area contributed by atoms with Crippen molar-refractivity contribution < 1.29 is 27.8 Å². The highest BCUT2D eigenvalue weighted by Gasteiger charge is 2.57. The summed E-state index contributed by atoms with van der Waals surface area (Å²) in [6.07, 6.45) is 4.37. The lowest BCUT2D eigenvalue weighted by molar-refractivity contribution is 0.0835. The van der Waals surface area contributed by atoms with Crippen LogP contribution in [0.2, 0.25) is 0 Å². The summed E-state index contributed by atoms with van der Waals surface area (Å²) in [7, 11) is 0. The van der Waals surface area contributed by atoms with Crippen molar-refractivity contribution in [3.63, 3.8) is 0 Å². The average molecular weight is 518 g/mol. The summed E-state index contributed by atoms with van der Waals surface area (Å²) in [5.41, 5.74) is 5.98. The number of hydrogen-bond donors (Lipinski definition) is 2. The van der Waals surface area contributed by atoms with Gasteiger partial charge in [-0.25, -0.2) is 18.7 Å². The van der Waals surface area contributed by atoms with Gasteiger partial charge in [-0.3, -0.25) is 4.79 Å². The van der Waals surface area contributed by atoms with E-state index < -0.39 is 11.8 Å². The number of amides is 1. The molecule has 2 aromatic heterocycles. The highest BCUT2D eigenvalue weighted by atomic mass is 19.3. The van der Waals surface area contributed by atoms with Crippen LogP contribution in [0.3, 0.4) is 0 Å². The summed E-state index contributed by atoms with van der Waals surface area (Å²) in [5.74, 6) is -1.58. The normalized spacial score (nSPS) is 27.9. The molecule has 1 amide bonds. The standard InChI is InChI=1S/C24H29F2N7O4/c25-24(26)6-14(24)9-37-23-30-17(22(34)32-20-15-10-35-11-16(15)20)5-19(31-23)33-3-1-13(2-4-33)8-36-18-7-28-12-29-21(18)27/h5,7,12-16,20H,1-4,6,8-11H2,(H,32,34)(H2,27,28,29)/t14?,15-,16+,20?. The zero-order chi connectivity index (χ0) is 25.6. The van der Waals surface area contributed by atoms with Crippen molar-refractivity contribution in [3.8, 4) is 11.8 Å². The van der Waals surface area contributed by atoms with Crippen LogP contribution in [0.25, 0.3) is 0 Å². The number of ether oxygens (including phenoxy) is 3. The van der Waals surface area contributed by atoms with E-state index in [1.165, 1.54) is 6.33 Å². The van der Waals surface area contributed by atoms with Gasteiger partial charge < -0.3 is 30.2 Å². The van der Waals surface area contributed by atoms with Crippen LogP contribution in [-0.4, -0.2) is 77.3 Å². The van der Waals surface area contributed by atoms with Crippen LogP contribution in [-0.2, 0) is 4.74 Å². The SMILES string of the molecule is Nc1ncncc1OCC1CCN(c2cc(C(=O)NC3[C@H]4COC[C@@H]34)nc(OCC3CC3(F)F)n2)CC1. The summed E-state index contributed by atoms with van der Waals surface area (Å²) in [5, 5.41) is 3.02. The first-order valence-corrected chi connectivity index (χ1v) is 12.6. The number of fused-ring (bicyclic) bond motifs is 1. The molecular weight excluding hydrogens is 488 g/mol. The zero-order valence-electron chi connectivity index (χ0n) is 20.2. The number of carbonyl (C=O) groups is 1. The quantitative estimate of drug-likeness (QED) is 0.504. The molecule has 0 bridgehead atoms. The number of nitrogens with zero attached hydrogens (tertiary/aromatic N) is 5. The summed E-state index contributed by atoms with van der Waals surface area (Å²) < 4.78 is 43.4. The van der Waals surface area contributed by atoms with E-state index in [0.29, 0.717) is 68.0 Å². The molecule has 4 aliphatic rings. The van der Waals surface area contributed by atoms with Crippen LogP contribution in [0.15, 0.2) is 18.6 Å². The maximum absolute atomic E-state index is 13.3. The second-order valence-corrected chi connectivity index (χ2v) is 10.2. The Hall–Kier alpha value is -3.35. The number of nitrogen functional groups attached to an aromatic ring is 1. The van der Waals surface area contributed by atoms with Crippen molar-refractivity contribution in [1.82, 2.24) is 25.3 Å². The molecule has 198 valence electrons. The molecule has 4 atom stereocenters. The molecule has 0 radical (unpaired) electrons. The Morgan fingerprint density at radius 1 is 1.19 bits per heavy atom. The summed E-state index contributed by atoms with van der Waals surface area (Å²) in [6, 6.07) is 1.66. The Kier molecular flexibility index (Phi) is 6.17. The van der Waals surface area contributed by atoms with Gasteiger partial charge in [-0.05, 0) is 18.8 Å². The van der Waals surface area contributed by atoms with E-state index in [-0.39, 0.29) is 36.7 Å². The van der Waals surface area contributed by atoms with Crippen molar-refractivity contribution in [2.24, 2.45) is 23.7 Å². The van der Waals surface area contributed by atoms with E-state index in [2.05, 4.69) is 25.3 Å². The Labute approximate surface area is 212 Å². The van der Waals surface area contributed by atoms with E-state index in [4.69, 9.17) is 19.9 Å². The van der Waals surface area contributed by atoms with E-state index in [9.17, 15) is 13.6 Å². The fourth-order valence-electron chi connectivity index (χ4n) is 5.03. The minimum absolute atomic E-state index is 0.0605. The lowest BCUT2D eigenvalue weighted by Crippen LogP contribution is -2.37. The van der Waals surface area contributed by atoms with Gasteiger partial charge >= 0.3 is 6.01 Å². The van der Waals surface area contributed by atoms with Crippen molar-refractivity contribution in [2.45, 2.75) is 31.2 Å². The number of rotatable bonds is 9. The number of piperidine rings is 1. The number of alkyl halides is 2. The molecule has 0 spiro atoms. The Morgan fingerprint density at radius 2 is 1.95 bits per heavy atom. The van der Waals surface area contributed by atoms with Gasteiger partial charge in [0.2, 0.25) is 0 Å². The van der Waals surface area contributed by atoms with Crippen molar-refractivity contribution in [3.05, 3.63) is 24.3 Å². The fourth-order valence-corrected chi connectivity index (χ4v) is 5.03. The number of aromatic nitrogens is 4. The van der Waals surface area contributed by atoms with Gasteiger partial charge in [-0.15, -0.1) is 0 Å². The second kappa shape index (κ2) is 9.51. The number of hydrogen-bond acceptors (Lipinski definition) is 10. The largest absolute Gasteiger partial charge is 0.488 e. The molecule has 2 saturated carbocycles. The molecule has 2 aliphatic heterocycles. The van der Waals surface area contributed by atoms with Gasteiger partial charge in [0.15, 0.2) is 11.6 Å². The van der Waals surface area contributed by atoms with E-state index in [0.717, 1.165) is 12.8 Å². The molecule has 4 fully saturated rings. The molecule has 2 unspecified atom stereocenters. The highest BCUT2D eigenvalue weighted by molar-refractivity contribution is 5.93. The lowest BCUT2D eigenvalue weighted by Gasteiger charge is -2.32. The number of nitrogens with one attached hydrogen (secondary N) is 1. The van der Waals surface area contributed by atoms with Crippen LogP contribution in [0, 0.1) is 23.7 Å². The van der Waals surface area contributed by atoms with Crippen molar-refractivity contribution in [2.75, 3.05) is 50.2 Å². The summed E-state index contributed by atoms with van der Waals surface area (Å²) in [4.78, 5) is 31.6. The first-order chi connectivity index (χ1) is 17.9. The molecule has 0 aromatic carbocycles. The molecule has 6 rings (SSSR count). The Bertz CT molecular complexity index is 1150. The molecule has 2 aromatic rings. The van der Waals surface area contributed by atoms with E-state index in [1.54, 1.807) is 12.3 Å². The predicted octanol–water partition coefficient (Wildman–Crippen LogP) is 1.55. The van der Waals surface area contributed by atoms with Crippen LogP contribution in [0.1, 0.15) is 29.8 Å². The van der Waals surface area contributed by atoms with Crippen LogP contribution >= 0.6 is 0 Å². The molecule has 4 heterocycles. The number of nitrogens with two attached hydrogens (primary N) is 1. The third-order valence-corrected chi connectivity index (χ3v) is 7.66. The maximum Gasteiger partial charge on any atom is 0.319 e. The van der Waals surface area contributed by atoms with Gasteiger partial charge in [0.05, 0.1) is 31.9 Å². The zero-order valence-corrected chi connectivity index (χ0v) is 20.2. The lowest BCUT2D eigenvalue weighted by atomic mass is 9.98. The highest BCUT2D eigenvalue weighted by Crippen LogP contribution is 2.48. The molecule has 37 heavy (non-hydrogen) atoms. The smallest absolute Gasteiger partial charge is 0.319 e. The number of anilines is 2. The van der Waals surface area contributed by atoms with Gasteiger partial charge in [-0.1, -0.05) is 0 Å². The van der Waals surface area contributed by atoms with E-state index in [1.807, 2.05) is 4.90 Å². The van der Waals surface area contributed by atoms with Crippen molar-refractivity contribution >= 4 is 17.5 Å². The van der Waals surface area contributed by atoms with Gasteiger partial charge in [0.25, 0.3) is 11.8 Å². The molecule has 2 aliphatic carbocycles.